The molecule has 2 amide bonds. The first kappa shape index (κ1) is 21.1. The molecule has 3 N–H and O–H groups in total. The van der Waals surface area contributed by atoms with Gasteiger partial charge in [0, 0.05) is 4.70 Å². The molecule has 0 aliphatic heterocycles. The molecule has 160 valence electrons. The number of amides is 2. The highest BCUT2D eigenvalue weighted by Gasteiger charge is 2.42. The van der Waals surface area contributed by atoms with Crippen molar-refractivity contribution >= 4 is 39.2 Å². The number of carbonyl (C=O) groups is 3. The van der Waals surface area contributed by atoms with Crippen LogP contribution in [0.25, 0.3) is 10.1 Å². The predicted octanol–water partition coefficient (Wildman–Crippen LogP) is 4.28. The average molecular weight is 437 g/mol. The smallest absolute Gasteiger partial charge is 0.330 e. The molecule has 7 heteroatoms. The molecule has 0 unspecified atom stereocenters. The SMILES string of the molecule is O=C(NC1(C(=O)N[C@H](C(=O)O)c2ccccc2)CCCCC1)c1cc2ccccc2s1. The van der Waals surface area contributed by atoms with Gasteiger partial charge in [0.25, 0.3) is 5.91 Å². The van der Waals surface area contributed by atoms with Crippen LogP contribution in [0.15, 0.2) is 60.7 Å². The summed E-state index contributed by atoms with van der Waals surface area (Å²) in [7, 11) is 0. The first-order valence-corrected chi connectivity index (χ1v) is 11.2. The summed E-state index contributed by atoms with van der Waals surface area (Å²) in [5, 5.41) is 16.3. The Bertz CT molecular complexity index is 1070. The quantitative estimate of drug-likeness (QED) is 0.538. The van der Waals surface area contributed by atoms with E-state index in [9.17, 15) is 19.5 Å². The van der Waals surface area contributed by atoms with E-state index in [-0.39, 0.29) is 5.91 Å². The fourth-order valence-corrected chi connectivity index (χ4v) is 5.10. The molecule has 1 aromatic heterocycles. The zero-order valence-electron chi connectivity index (χ0n) is 17.0. The van der Waals surface area contributed by atoms with Gasteiger partial charge in [-0.15, -0.1) is 11.3 Å². The highest BCUT2D eigenvalue weighted by Crippen LogP contribution is 2.31. The van der Waals surface area contributed by atoms with Crippen molar-refractivity contribution in [2.24, 2.45) is 0 Å². The summed E-state index contributed by atoms with van der Waals surface area (Å²) in [6, 6.07) is 17.0. The second-order valence-electron chi connectivity index (χ2n) is 7.90. The summed E-state index contributed by atoms with van der Waals surface area (Å²) in [5.41, 5.74) is -0.626. The summed E-state index contributed by atoms with van der Waals surface area (Å²) in [5.74, 6) is -1.89. The molecular weight excluding hydrogens is 412 g/mol. The molecule has 2 aromatic carbocycles. The maximum absolute atomic E-state index is 13.4. The Morgan fingerprint density at radius 1 is 0.935 bits per heavy atom. The van der Waals surface area contributed by atoms with E-state index in [1.807, 2.05) is 30.3 Å². The first-order chi connectivity index (χ1) is 15.0. The summed E-state index contributed by atoms with van der Waals surface area (Å²) in [4.78, 5) is 38.9. The van der Waals surface area contributed by atoms with Gasteiger partial charge in [0.1, 0.15) is 5.54 Å². The highest BCUT2D eigenvalue weighted by atomic mass is 32.1. The van der Waals surface area contributed by atoms with Crippen LogP contribution in [0.1, 0.15) is 53.4 Å². The third-order valence-corrected chi connectivity index (χ3v) is 6.91. The van der Waals surface area contributed by atoms with Crippen LogP contribution in [0.2, 0.25) is 0 Å². The largest absolute Gasteiger partial charge is 0.479 e. The van der Waals surface area contributed by atoms with Gasteiger partial charge < -0.3 is 15.7 Å². The van der Waals surface area contributed by atoms with Gasteiger partial charge in [-0.2, -0.15) is 0 Å². The molecule has 4 rings (SSSR count). The van der Waals surface area contributed by atoms with E-state index in [2.05, 4.69) is 10.6 Å². The van der Waals surface area contributed by atoms with Crippen LogP contribution in [0.3, 0.4) is 0 Å². The molecule has 1 fully saturated rings. The Labute approximate surface area is 184 Å². The average Bonchev–Trinajstić information content (AvgIpc) is 3.23. The highest BCUT2D eigenvalue weighted by molar-refractivity contribution is 7.20. The van der Waals surface area contributed by atoms with Gasteiger partial charge in [0.2, 0.25) is 5.91 Å². The van der Waals surface area contributed by atoms with E-state index in [0.717, 1.165) is 29.3 Å². The van der Waals surface area contributed by atoms with Crippen LogP contribution in [0.5, 0.6) is 0 Å². The Morgan fingerprint density at radius 3 is 2.29 bits per heavy atom. The van der Waals surface area contributed by atoms with E-state index in [1.54, 1.807) is 30.3 Å². The fourth-order valence-electron chi connectivity index (χ4n) is 4.14. The van der Waals surface area contributed by atoms with E-state index in [0.29, 0.717) is 23.3 Å². The van der Waals surface area contributed by atoms with E-state index < -0.39 is 23.5 Å². The zero-order valence-corrected chi connectivity index (χ0v) is 17.8. The van der Waals surface area contributed by atoms with Crippen molar-refractivity contribution in [1.29, 1.82) is 0 Å². The molecule has 1 aliphatic carbocycles. The van der Waals surface area contributed by atoms with Crippen LogP contribution >= 0.6 is 11.3 Å². The number of hydrogen-bond acceptors (Lipinski definition) is 4. The molecule has 6 nitrogen and oxygen atoms in total. The minimum absolute atomic E-state index is 0.301. The first-order valence-electron chi connectivity index (χ1n) is 10.4. The second kappa shape index (κ2) is 8.89. The Kier molecular flexibility index (Phi) is 6.04. The number of carboxylic acid groups (broad SMARTS) is 1. The van der Waals surface area contributed by atoms with Crippen LogP contribution in [0, 0.1) is 0 Å². The molecule has 1 aliphatic rings. The van der Waals surface area contributed by atoms with E-state index in [4.69, 9.17) is 0 Å². The van der Waals surface area contributed by atoms with Crippen molar-refractivity contribution in [3.63, 3.8) is 0 Å². The van der Waals surface area contributed by atoms with Crippen molar-refractivity contribution in [1.82, 2.24) is 10.6 Å². The van der Waals surface area contributed by atoms with Gasteiger partial charge in [0.05, 0.1) is 4.88 Å². The van der Waals surface area contributed by atoms with Crippen molar-refractivity contribution in [3.05, 3.63) is 71.1 Å². The lowest BCUT2D eigenvalue weighted by molar-refractivity contribution is -0.143. The van der Waals surface area contributed by atoms with Crippen molar-refractivity contribution in [2.75, 3.05) is 0 Å². The molecule has 1 atom stereocenters. The summed E-state index contributed by atoms with van der Waals surface area (Å²) in [6.07, 6.45) is 3.54. The van der Waals surface area contributed by atoms with Crippen LogP contribution in [0.4, 0.5) is 0 Å². The lowest BCUT2D eigenvalue weighted by Gasteiger charge is -2.37. The number of aliphatic carboxylic acids is 1. The minimum atomic E-state index is -1.17. The predicted molar refractivity (Wildman–Crippen MR) is 120 cm³/mol. The van der Waals surface area contributed by atoms with Crippen LogP contribution in [-0.2, 0) is 9.59 Å². The second-order valence-corrected chi connectivity index (χ2v) is 8.98. The lowest BCUT2D eigenvalue weighted by Crippen LogP contribution is -2.60. The molecule has 1 heterocycles. The van der Waals surface area contributed by atoms with E-state index >= 15 is 0 Å². The number of rotatable bonds is 6. The normalized spacial score (nSPS) is 16.4. The van der Waals surface area contributed by atoms with Crippen molar-refractivity contribution in [3.8, 4) is 0 Å². The lowest BCUT2D eigenvalue weighted by atomic mass is 9.80. The molecule has 3 aromatic rings. The molecule has 0 radical (unpaired) electrons. The Hall–Kier alpha value is -3.19. The van der Waals surface area contributed by atoms with Gasteiger partial charge in [-0.05, 0) is 35.9 Å². The molecule has 0 saturated heterocycles. The summed E-state index contributed by atoms with van der Waals surface area (Å²) >= 11 is 1.38. The van der Waals surface area contributed by atoms with E-state index in [1.165, 1.54) is 11.3 Å². The van der Waals surface area contributed by atoms with Gasteiger partial charge in [-0.1, -0.05) is 67.8 Å². The number of carbonyl (C=O) groups excluding carboxylic acids is 2. The topological polar surface area (TPSA) is 95.5 Å². The Morgan fingerprint density at radius 2 is 1.61 bits per heavy atom. The number of hydrogen-bond donors (Lipinski definition) is 3. The number of thiophene rings is 1. The maximum Gasteiger partial charge on any atom is 0.330 e. The summed E-state index contributed by atoms with van der Waals surface area (Å²) in [6.45, 7) is 0. The maximum atomic E-state index is 13.4. The third kappa shape index (κ3) is 4.46. The third-order valence-electron chi connectivity index (χ3n) is 5.80. The van der Waals surface area contributed by atoms with Crippen LogP contribution in [-0.4, -0.2) is 28.4 Å². The van der Waals surface area contributed by atoms with Gasteiger partial charge >= 0.3 is 5.97 Å². The summed E-state index contributed by atoms with van der Waals surface area (Å²) < 4.78 is 1.00. The minimum Gasteiger partial charge on any atom is -0.479 e. The number of fused-ring (bicyclic) bond motifs is 1. The molecular formula is C24H24N2O4S. The van der Waals surface area contributed by atoms with Gasteiger partial charge in [-0.25, -0.2) is 4.79 Å². The molecule has 0 spiro atoms. The molecule has 1 saturated carbocycles. The standard InChI is InChI=1S/C24H24N2O4S/c27-21(19-15-17-11-5-6-12-18(17)31-19)26-24(13-7-2-8-14-24)23(30)25-20(22(28)29)16-9-3-1-4-10-16/h1,3-6,9-12,15,20H,2,7-8,13-14H2,(H,25,30)(H,26,27)(H,28,29)/t20-/m0/s1. The zero-order chi connectivity index (χ0) is 21.8. The van der Waals surface area contributed by atoms with Crippen molar-refractivity contribution in [2.45, 2.75) is 43.7 Å². The van der Waals surface area contributed by atoms with Gasteiger partial charge in [-0.3, -0.25) is 9.59 Å². The van der Waals surface area contributed by atoms with Gasteiger partial charge in [0.15, 0.2) is 6.04 Å². The fraction of sp³-hybridized carbons (Fsp3) is 0.292. The Balaban J connectivity index is 1.58. The van der Waals surface area contributed by atoms with Crippen LogP contribution < -0.4 is 10.6 Å². The monoisotopic (exact) mass is 436 g/mol. The number of carboxylic acids is 1. The number of benzene rings is 2. The number of nitrogens with one attached hydrogen (secondary N) is 2. The molecule has 31 heavy (non-hydrogen) atoms. The molecule has 0 bridgehead atoms. The van der Waals surface area contributed by atoms with Crippen molar-refractivity contribution < 1.29 is 19.5 Å².